The van der Waals surface area contributed by atoms with Gasteiger partial charge in [-0.2, -0.15) is 0 Å². The second-order valence-electron chi connectivity index (χ2n) is 15.1. The van der Waals surface area contributed by atoms with E-state index in [1.54, 1.807) is 0 Å². The summed E-state index contributed by atoms with van der Waals surface area (Å²) in [5.74, 6) is 1.26. The fraction of sp³-hybridized carbons (Fsp3) is 0.514. The molecule has 0 heterocycles. The van der Waals surface area contributed by atoms with Crippen LogP contribution in [0.25, 0.3) is 0 Å². The third kappa shape index (κ3) is 6.51. The van der Waals surface area contributed by atoms with Crippen molar-refractivity contribution in [2.45, 2.75) is 125 Å². The number of hydrogen-bond acceptors (Lipinski definition) is 3. The Morgan fingerprint density at radius 2 is 0.875 bits per heavy atom. The summed E-state index contributed by atoms with van der Waals surface area (Å²) in [5.41, 5.74) is 9.17. The maximum atomic E-state index is 10.9. The molecule has 0 aliphatic carbocycles. The minimum absolute atomic E-state index is 0.105. The van der Waals surface area contributed by atoms with Gasteiger partial charge >= 0.3 is 0 Å². The molecule has 0 saturated carbocycles. The fourth-order valence-electron chi connectivity index (χ4n) is 6.08. The summed E-state index contributed by atoms with van der Waals surface area (Å²) in [5, 5.41) is 32.6. The molecule has 0 amide bonds. The first-order valence-electron chi connectivity index (χ1n) is 14.6. The highest BCUT2D eigenvalue weighted by atomic mass is 16.3. The Morgan fingerprint density at radius 3 is 1.30 bits per heavy atom. The topological polar surface area (TPSA) is 60.7 Å². The minimum atomic E-state index is -0.206. The van der Waals surface area contributed by atoms with Crippen LogP contribution in [0.5, 0.6) is 17.2 Å². The van der Waals surface area contributed by atoms with Gasteiger partial charge in [-0.1, -0.05) is 87.4 Å². The summed E-state index contributed by atoms with van der Waals surface area (Å²) in [6.45, 7) is 27.8. The number of benzene rings is 3. The van der Waals surface area contributed by atoms with Crippen LogP contribution in [0.1, 0.15) is 131 Å². The van der Waals surface area contributed by atoms with Crippen LogP contribution in [-0.4, -0.2) is 15.3 Å². The standard InChI is InChI=1S/C37H52O3/c1-21-14-32(38)29(35(5,6)7)18-25(21)17-28(27-20-31(37(11,12)13)34(40)16-23(27)3)24(4)26-19-30(36(8,9)10)33(39)15-22(26)2/h14-16,18-20,24,28,38-40H,17H2,1-13H3/t24-,28-/m0/s1. The molecule has 3 aromatic carbocycles. The van der Waals surface area contributed by atoms with Gasteiger partial charge in [0.05, 0.1) is 0 Å². The largest absolute Gasteiger partial charge is 0.508 e. The molecule has 2 atom stereocenters. The Bertz CT molecular complexity index is 1390. The van der Waals surface area contributed by atoms with Gasteiger partial charge in [0.1, 0.15) is 17.2 Å². The molecule has 0 bridgehead atoms. The highest BCUT2D eigenvalue weighted by Gasteiger charge is 2.30. The lowest BCUT2D eigenvalue weighted by molar-refractivity contribution is 0.441. The molecule has 3 nitrogen and oxygen atoms in total. The van der Waals surface area contributed by atoms with Crippen molar-refractivity contribution in [2.24, 2.45) is 0 Å². The average molecular weight is 545 g/mol. The molecule has 0 aromatic heterocycles. The fourth-order valence-corrected chi connectivity index (χ4v) is 6.08. The normalized spacial score (nSPS) is 14.3. The Morgan fingerprint density at radius 1 is 0.525 bits per heavy atom. The smallest absolute Gasteiger partial charge is 0.119 e. The van der Waals surface area contributed by atoms with Crippen LogP contribution < -0.4 is 0 Å². The molecule has 3 rings (SSSR count). The van der Waals surface area contributed by atoms with Gasteiger partial charge in [0, 0.05) is 0 Å². The molecule has 218 valence electrons. The van der Waals surface area contributed by atoms with E-state index in [4.69, 9.17) is 0 Å². The molecular weight excluding hydrogens is 492 g/mol. The zero-order valence-electron chi connectivity index (χ0n) is 27.2. The first-order chi connectivity index (χ1) is 18.1. The molecule has 0 radical (unpaired) electrons. The van der Waals surface area contributed by atoms with E-state index in [0.717, 1.165) is 39.8 Å². The summed E-state index contributed by atoms with van der Waals surface area (Å²) >= 11 is 0. The summed E-state index contributed by atoms with van der Waals surface area (Å²) < 4.78 is 0. The summed E-state index contributed by atoms with van der Waals surface area (Å²) in [6.07, 6.45) is 0.788. The monoisotopic (exact) mass is 544 g/mol. The lowest BCUT2D eigenvalue weighted by atomic mass is 9.72. The predicted molar refractivity (Wildman–Crippen MR) is 169 cm³/mol. The summed E-state index contributed by atoms with van der Waals surface area (Å²) in [6, 6.07) is 12.3. The third-order valence-corrected chi connectivity index (χ3v) is 8.58. The van der Waals surface area contributed by atoms with E-state index in [9.17, 15) is 15.3 Å². The predicted octanol–water partition coefficient (Wildman–Crippen LogP) is 9.75. The van der Waals surface area contributed by atoms with E-state index in [2.05, 4.69) is 108 Å². The van der Waals surface area contributed by atoms with E-state index in [0.29, 0.717) is 17.2 Å². The number of phenols is 3. The number of phenolic OH excluding ortho intramolecular Hbond substituents is 3. The maximum absolute atomic E-state index is 10.9. The van der Waals surface area contributed by atoms with Crippen molar-refractivity contribution in [1.29, 1.82) is 0 Å². The molecule has 3 N–H and O–H groups in total. The van der Waals surface area contributed by atoms with Crippen LogP contribution >= 0.6 is 0 Å². The SMILES string of the molecule is Cc1cc(O)c(C(C)(C)C)cc1C[C@H](c1cc(C(C)(C)C)c(O)cc1C)[C@@H](C)c1cc(C(C)(C)C)c(O)cc1C. The Kier molecular flexibility index (Phi) is 8.53. The van der Waals surface area contributed by atoms with Gasteiger partial charge in [-0.25, -0.2) is 0 Å². The molecule has 3 heteroatoms. The molecule has 0 aliphatic heterocycles. The molecule has 0 aliphatic rings. The van der Waals surface area contributed by atoms with Crippen molar-refractivity contribution in [3.8, 4) is 17.2 Å². The first-order valence-corrected chi connectivity index (χ1v) is 14.6. The van der Waals surface area contributed by atoms with Crippen LogP contribution in [0, 0.1) is 20.8 Å². The number of hydrogen-bond donors (Lipinski definition) is 3. The Balaban J connectivity index is 2.31. The van der Waals surface area contributed by atoms with Gasteiger partial charge in [-0.3, -0.25) is 0 Å². The van der Waals surface area contributed by atoms with E-state index in [1.165, 1.54) is 16.7 Å². The number of aryl methyl sites for hydroxylation is 3. The van der Waals surface area contributed by atoms with Crippen molar-refractivity contribution in [3.63, 3.8) is 0 Å². The highest BCUT2D eigenvalue weighted by Crippen LogP contribution is 2.45. The first kappa shape index (κ1) is 31.6. The van der Waals surface area contributed by atoms with Crippen molar-refractivity contribution in [1.82, 2.24) is 0 Å². The van der Waals surface area contributed by atoms with E-state index >= 15 is 0 Å². The number of rotatable bonds is 5. The zero-order chi connectivity index (χ0) is 30.5. The van der Waals surface area contributed by atoms with Crippen LogP contribution in [-0.2, 0) is 22.7 Å². The molecule has 0 fully saturated rings. The van der Waals surface area contributed by atoms with Gasteiger partial charge in [0.15, 0.2) is 0 Å². The van der Waals surface area contributed by atoms with Gasteiger partial charge in [-0.05, 0) is 124 Å². The molecule has 0 saturated heterocycles. The Hall–Kier alpha value is -2.94. The lowest BCUT2D eigenvalue weighted by Gasteiger charge is -2.32. The van der Waals surface area contributed by atoms with Gasteiger partial charge in [0.2, 0.25) is 0 Å². The average Bonchev–Trinajstić information content (AvgIpc) is 2.76. The van der Waals surface area contributed by atoms with Crippen molar-refractivity contribution >= 4 is 0 Å². The summed E-state index contributed by atoms with van der Waals surface area (Å²) in [7, 11) is 0. The number of aromatic hydroxyl groups is 3. The second kappa shape index (κ2) is 10.8. The van der Waals surface area contributed by atoms with E-state index < -0.39 is 0 Å². The highest BCUT2D eigenvalue weighted by molar-refractivity contribution is 5.51. The molecular formula is C37H52O3. The van der Waals surface area contributed by atoms with Crippen LogP contribution in [0.15, 0.2) is 36.4 Å². The van der Waals surface area contributed by atoms with Gasteiger partial charge in [0.25, 0.3) is 0 Å². The van der Waals surface area contributed by atoms with Crippen molar-refractivity contribution < 1.29 is 15.3 Å². The van der Waals surface area contributed by atoms with Crippen molar-refractivity contribution in [3.05, 3.63) is 86.5 Å². The third-order valence-electron chi connectivity index (χ3n) is 8.58. The Labute approximate surface area is 243 Å². The van der Waals surface area contributed by atoms with Crippen LogP contribution in [0.2, 0.25) is 0 Å². The van der Waals surface area contributed by atoms with E-state index in [1.807, 2.05) is 18.2 Å². The summed E-state index contributed by atoms with van der Waals surface area (Å²) in [4.78, 5) is 0. The van der Waals surface area contributed by atoms with Crippen LogP contribution in [0.4, 0.5) is 0 Å². The van der Waals surface area contributed by atoms with Crippen LogP contribution in [0.3, 0.4) is 0 Å². The molecule has 40 heavy (non-hydrogen) atoms. The molecule has 0 unspecified atom stereocenters. The van der Waals surface area contributed by atoms with Crippen molar-refractivity contribution in [2.75, 3.05) is 0 Å². The maximum Gasteiger partial charge on any atom is 0.119 e. The molecule has 3 aromatic rings. The zero-order valence-corrected chi connectivity index (χ0v) is 27.2. The van der Waals surface area contributed by atoms with Gasteiger partial charge < -0.3 is 15.3 Å². The second-order valence-corrected chi connectivity index (χ2v) is 15.1. The quantitative estimate of drug-likeness (QED) is 0.299. The lowest BCUT2D eigenvalue weighted by Crippen LogP contribution is -2.19. The minimum Gasteiger partial charge on any atom is -0.508 e. The molecule has 0 spiro atoms. The van der Waals surface area contributed by atoms with Gasteiger partial charge in [-0.15, -0.1) is 0 Å². The van der Waals surface area contributed by atoms with E-state index in [-0.39, 0.29) is 28.1 Å².